The maximum absolute atomic E-state index is 12.0. The third kappa shape index (κ3) is 4.70. The van der Waals surface area contributed by atoms with Crippen molar-refractivity contribution in [1.82, 2.24) is 15.1 Å². The molecule has 26 heavy (non-hydrogen) atoms. The summed E-state index contributed by atoms with van der Waals surface area (Å²) < 4.78 is 1.84. The molecule has 0 spiro atoms. The molecule has 1 heterocycles. The summed E-state index contributed by atoms with van der Waals surface area (Å²) in [5, 5.41) is 7.29. The van der Waals surface area contributed by atoms with Crippen LogP contribution < -0.4 is 5.32 Å². The highest BCUT2D eigenvalue weighted by molar-refractivity contribution is 5.91. The average molecular weight is 345 g/mol. The molecule has 0 bridgehead atoms. The molecule has 2 aromatic carbocycles. The van der Waals surface area contributed by atoms with Gasteiger partial charge in [-0.3, -0.25) is 4.79 Å². The summed E-state index contributed by atoms with van der Waals surface area (Å²) in [6.07, 6.45) is 8.02. The first-order valence-corrected chi connectivity index (χ1v) is 8.74. The molecule has 3 rings (SSSR count). The third-order valence-corrected chi connectivity index (χ3v) is 4.21. The molecule has 3 aromatic rings. The molecule has 0 aliphatic heterocycles. The Hall–Kier alpha value is -3.14. The lowest BCUT2D eigenvalue weighted by Crippen LogP contribution is -2.23. The molecule has 0 saturated carbocycles. The number of nitrogens with one attached hydrogen (secondary N) is 1. The summed E-state index contributed by atoms with van der Waals surface area (Å²) in [6.45, 7) is 4.69. The number of para-hydroxylation sites is 1. The van der Waals surface area contributed by atoms with Gasteiger partial charge in [-0.1, -0.05) is 42.0 Å². The number of aromatic nitrogens is 2. The zero-order chi connectivity index (χ0) is 18.4. The summed E-state index contributed by atoms with van der Waals surface area (Å²) in [5.41, 5.74) is 5.57. The van der Waals surface area contributed by atoms with E-state index in [1.54, 1.807) is 6.08 Å². The molecule has 1 amide bonds. The number of amides is 1. The lowest BCUT2D eigenvalue weighted by molar-refractivity contribution is -0.116. The van der Waals surface area contributed by atoms with Crippen molar-refractivity contribution < 1.29 is 4.79 Å². The van der Waals surface area contributed by atoms with E-state index in [1.807, 2.05) is 59.5 Å². The van der Waals surface area contributed by atoms with Gasteiger partial charge in [-0.2, -0.15) is 5.10 Å². The highest BCUT2D eigenvalue weighted by Gasteiger charge is 2.02. The zero-order valence-electron chi connectivity index (χ0n) is 15.1. The van der Waals surface area contributed by atoms with Crippen molar-refractivity contribution >= 4 is 12.0 Å². The summed E-state index contributed by atoms with van der Waals surface area (Å²) in [5.74, 6) is -0.0829. The Morgan fingerprint density at radius 3 is 2.73 bits per heavy atom. The van der Waals surface area contributed by atoms with Gasteiger partial charge in [0.15, 0.2) is 0 Å². The van der Waals surface area contributed by atoms with Gasteiger partial charge < -0.3 is 5.32 Å². The quantitative estimate of drug-likeness (QED) is 0.690. The van der Waals surface area contributed by atoms with E-state index in [0.29, 0.717) is 6.54 Å². The lowest BCUT2D eigenvalue weighted by Gasteiger charge is -2.03. The van der Waals surface area contributed by atoms with E-state index in [1.165, 1.54) is 11.1 Å². The molecule has 0 unspecified atom stereocenters. The first-order chi connectivity index (χ1) is 12.6. The SMILES string of the molecule is Cc1ccc(/C=C/C(=O)NCCc2cnn(-c3ccccc3)c2)c(C)c1. The van der Waals surface area contributed by atoms with Gasteiger partial charge in [-0.05, 0) is 55.2 Å². The molecule has 0 radical (unpaired) electrons. The van der Waals surface area contributed by atoms with Crippen LogP contribution in [-0.4, -0.2) is 22.2 Å². The smallest absolute Gasteiger partial charge is 0.244 e. The second-order valence-corrected chi connectivity index (χ2v) is 6.36. The van der Waals surface area contributed by atoms with Crippen LogP contribution in [-0.2, 0) is 11.2 Å². The van der Waals surface area contributed by atoms with Gasteiger partial charge in [-0.15, -0.1) is 0 Å². The number of hydrogen-bond acceptors (Lipinski definition) is 2. The Bertz CT molecular complexity index is 910. The minimum Gasteiger partial charge on any atom is -0.352 e. The molecular weight excluding hydrogens is 322 g/mol. The summed E-state index contributed by atoms with van der Waals surface area (Å²) in [4.78, 5) is 12.0. The lowest BCUT2D eigenvalue weighted by atomic mass is 10.1. The van der Waals surface area contributed by atoms with E-state index in [9.17, 15) is 4.79 Å². The van der Waals surface area contributed by atoms with Gasteiger partial charge in [-0.25, -0.2) is 4.68 Å². The van der Waals surface area contributed by atoms with Crippen LogP contribution in [0.15, 0.2) is 67.0 Å². The van der Waals surface area contributed by atoms with E-state index in [2.05, 4.69) is 36.4 Å². The van der Waals surface area contributed by atoms with Gasteiger partial charge >= 0.3 is 0 Å². The van der Waals surface area contributed by atoms with Crippen molar-refractivity contribution in [1.29, 1.82) is 0 Å². The Morgan fingerprint density at radius 2 is 1.96 bits per heavy atom. The van der Waals surface area contributed by atoms with Crippen LogP contribution in [0.2, 0.25) is 0 Å². The van der Waals surface area contributed by atoms with Gasteiger partial charge in [0.2, 0.25) is 5.91 Å². The highest BCUT2D eigenvalue weighted by atomic mass is 16.1. The van der Waals surface area contributed by atoms with E-state index >= 15 is 0 Å². The average Bonchev–Trinajstić information content (AvgIpc) is 3.11. The monoisotopic (exact) mass is 345 g/mol. The fourth-order valence-corrected chi connectivity index (χ4v) is 2.78. The molecule has 1 N–H and O–H groups in total. The van der Waals surface area contributed by atoms with Crippen LogP contribution >= 0.6 is 0 Å². The summed E-state index contributed by atoms with van der Waals surface area (Å²) in [6, 6.07) is 16.2. The topological polar surface area (TPSA) is 46.9 Å². The molecule has 0 aliphatic rings. The van der Waals surface area contributed by atoms with Crippen LogP contribution in [0.1, 0.15) is 22.3 Å². The molecule has 1 aromatic heterocycles. The van der Waals surface area contributed by atoms with E-state index in [4.69, 9.17) is 0 Å². The minimum absolute atomic E-state index is 0.0829. The first kappa shape index (κ1) is 17.7. The standard InChI is InChI=1S/C22H23N3O/c1-17-8-9-20(18(2)14-17)10-11-22(26)23-13-12-19-15-24-25(16-19)21-6-4-3-5-7-21/h3-11,14-16H,12-13H2,1-2H3,(H,23,26)/b11-10+. The highest BCUT2D eigenvalue weighted by Crippen LogP contribution is 2.12. The van der Waals surface area contributed by atoms with Crippen molar-refractivity contribution in [2.45, 2.75) is 20.3 Å². The summed E-state index contributed by atoms with van der Waals surface area (Å²) >= 11 is 0. The Morgan fingerprint density at radius 1 is 1.15 bits per heavy atom. The van der Waals surface area contributed by atoms with Crippen molar-refractivity contribution in [3.05, 3.63) is 89.3 Å². The molecule has 4 heteroatoms. The van der Waals surface area contributed by atoms with Crippen molar-refractivity contribution in [2.24, 2.45) is 0 Å². The van der Waals surface area contributed by atoms with Gasteiger partial charge in [0.05, 0.1) is 11.9 Å². The largest absolute Gasteiger partial charge is 0.352 e. The minimum atomic E-state index is -0.0829. The molecule has 0 fully saturated rings. The van der Waals surface area contributed by atoms with E-state index < -0.39 is 0 Å². The number of rotatable bonds is 6. The number of hydrogen-bond donors (Lipinski definition) is 1. The van der Waals surface area contributed by atoms with Crippen LogP contribution in [0.3, 0.4) is 0 Å². The number of aryl methyl sites for hydroxylation is 2. The fraction of sp³-hybridized carbons (Fsp3) is 0.182. The number of carbonyl (C=O) groups is 1. The van der Waals surface area contributed by atoms with Gasteiger partial charge in [0, 0.05) is 18.8 Å². The van der Waals surface area contributed by atoms with Crippen molar-refractivity contribution in [3.8, 4) is 5.69 Å². The normalized spacial score (nSPS) is 11.0. The predicted octanol–water partition coefficient (Wildman–Crippen LogP) is 3.86. The molecule has 0 aliphatic carbocycles. The number of carbonyl (C=O) groups excluding carboxylic acids is 1. The molecule has 132 valence electrons. The van der Waals surface area contributed by atoms with Crippen molar-refractivity contribution in [2.75, 3.05) is 6.54 Å². The second kappa shape index (κ2) is 8.30. The molecule has 0 saturated heterocycles. The predicted molar refractivity (Wildman–Crippen MR) is 105 cm³/mol. The summed E-state index contributed by atoms with van der Waals surface area (Å²) in [7, 11) is 0. The maximum atomic E-state index is 12.0. The first-order valence-electron chi connectivity index (χ1n) is 8.74. The Kier molecular flexibility index (Phi) is 5.64. The third-order valence-electron chi connectivity index (χ3n) is 4.21. The van der Waals surface area contributed by atoms with Crippen LogP contribution in [0, 0.1) is 13.8 Å². The fourth-order valence-electron chi connectivity index (χ4n) is 2.78. The van der Waals surface area contributed by atoms with Crippen LogP contribution in [0.25, 0.3) is 11.8 Å². The van der Waals surface area contributed by atoms with Gasteiger partial charge in [0.1, 0.15) is 0 Å². The van der Waals surface area contributed by atoms with E-state index in [-0.39, 0.29) is 5.91 Å². The van der Waals surface area contributed by atoms with Crippen LogP contribution in [0.5, 0.6) is 0 Å². The van der Waals surface area contributed by atoms with Gasteiger partial charge in [0.25, 0.3) is 0 Å². The second-order valence-electron chi connectivity index (χ2n) is 6.36. The molecule has 4 nitrogen and oxygen atoms in total. The molecular formula is C22H23N3O. The Balaban J connectivity index is 1.49. The number of nitrogens with zero attached hydrogens (tertiary/aromatic N) is 2. The maximum Gasteiger partial charge on any atom is 0.244 e. The van der Waals surface area contributed by atoms with Crippen molar-refractivity contribution in [3.63, 3.8) is 0 Å². The molecule has 0 atom stereocenters. The van der Waals surface area contributed by atoms with E-state index in [0.717, 1.165) is 23.2 Å². The number of benzene rings is 2. The Labute approximate surface area is 154 Å². The zero-order valence-corrected chi connectivity index (χ0v) is 15.1. The van der Waals surface area contributed by atoms with Crippen LogP contribution in [0.4, 0.5) is 0 Å².